The molecule has 1 aliphatic heterocycles. The quantitative estimate of drug-likeness (QED) is 0.343. The molecule has 0 unspecified atom stereocenters. The summed E-state index contributed by atoms with van der Waals surface area (Å²) in [6.07, 6.45) is 3.38. The third kappa shape index (κ3) is 5.09. The number of ether oxygens (including phenoxy) is 2. The molecule has 18 heavy (non-hydrogen) atoms. The number of esters is 1. The molecule has 0 aromatic rings. The molecule has 0 spiro atoms. The number of rotatable bonds is 3. The minimum atomic E-state index is -1.59. The number of hydrogen-bond acceptors (Lipinski definition) is 3. The fourth-order valence-electron chi connectivity index (χ4n) is 1.76. The molecule has 0 amide bonds. The Balaban J connectivity index is 2.69. The summed E-state index contributed by atoms with van der Waals surface area (Å²) in [5, 5.41) is 0. The molecule has 3 nitrogen and oxygen atoms in total. The zero-order chi connectivity index (χ0) is 14.0. The average molecular weight is 332 g/mol. The first-order valence-electron chi connectivity index (χ1n) is 5.63. The molecule has 0 saturated heterocycles. The second-order valence-corrected chi connectivity index (χ2v) is 13.2. The van der Waals surface area contributed by atoms with Gasteiger partial charge in [-0.1, -0.05) is 66.6 Å². The van der Waals surface area contributed by atoms with Gasteiger partial charge in [0, 0.05) is 5.54 Å². The standard InChI is InChI=1S/C11H17Cl3O3Si/c1-18(2,3)8-5-4-6-16-9(8)10(15)17-7-11(12,13)14/h4-5,8-9H,6-7H2,1-3H3/t8-,9-/m0/s1. The maximum absolute atomic E-state index is 12.0. The predicted molar refractivity (Wildman–Crippen MR) is 77.2 cm³/mol. The Morgan fingerprint density at radius 3 is 2.56 bits per heavy atom. The molecule has 0 aliphatic carbocycles. The highest BCUT2D eigenvalue weighted by molar-refractivity contribution is 6.78. The number of halogens is 3. The summed E-state index contributed by atoms with van der Waals surface area (Å²) < 4.78 is 8.90. The van der Waals surface area contributed by atoms with E-state index < -0.39 is 23.9 Å². The molecule has 7 heteroatoms. The molecule has 2 atom stereocenters. The van der Waals surface area contributed by atoms with Crippen LogP contribution in [0.2, 0.25) is 25.2 Å². The Hall–Kier alpha value is 0.257. The van der Waals surface area contributed by atoms with Crippen LogP contribution in [0, 0.1) is 0 Å². The van der Waals surface area contributed by atoms with Crippen molar-refractivity contribution in [3.63, 3.8) is 0 Å². The monoisotopic (exact) mass is 330 g/mol. The number of carbonyl (C=O) groups is 1. The molecule has 104 valence electrons. The van der Waals surface area contributed by atoms with Crippen molar-refractivity contribution in [1.29, 1.82) is 0 Å². The van der Waals surface area contributed by atoms with E-state index in [-0.39, 0.29) is 12.1 Å². The van der Waals surface area contributed by atoms with Crippen LogP contribution in [0.3, 0.4) is 0 Å². The van der Waals surface area contributed by atoms with Crippen molar-refractivity contribution < 1.29 is 14.3 Å². The topological polar surface area (TPSA) is 35.5 Å². The summed E-state index contributed by atoms with van der Waals surface area (Å²) in [4.78, 5) is 12.0. The lowest BCUT2D eigenvalue weighted by Crippen LogP contribution is -2.44. The average Bonchev–Trinajstić information content (AvgIpc) is 2.24. The van der Waals surface area contributed by atoms with E-state index in [1.165, 1.54) is 0 Å². The normalized spacial score (nSPS) is 25.0. The van der Waals surface area contributed by atoms with E-state index in [0.717, 1.165) is 0 Å². The molecule has 0 saturated carbocycles. The minimum Gasteiger partial charge on any atom is -0.459 e. The largest absolute Gasteiger partial charge is 0.459 e. The molecule has 0 fully saturated rings. The maximum Gasteiger partial charge on any atom is 0.335 e. The van der Waals surface area contributed by atoms with Crippen LogP contribution in [-0.2, 0) is 14.3 Å². The van der Waals surface area contributed by atoms with Gasteiger partial charge in [0.15, 0.2) is 6.10 Å². The van der Waals surface area contributed by atoms with Gasteiger partial charge in [0.05, 0.1) is 14.7 Å². The molecule has 1 heterocycles. The summed E-state index contributed by atoms with van der Waals surface area (Å²) in [6.45, 7) is 6.66. The Labute approximate surface area is 123 Å². The van der Waals surface area contributed by atoms with Gasteiger partial charge in [0.2, 0.25) is 3.79 Å². The fourth-order valence-corrected chi connectivity index (χ4v) is 3.78. The lowest BCUT2D eigenvalue weighted by molar-refractivity contribution is -0.156. The van der Waals surface area contributed by atoms with Gasteiger partial charge in [-0.3, -0.25) is 0 Å². The molecule has 0 radical (unpaired) electrons. The highest BCUT2D eigenvalue weighted by Gasteiger charge is 2.39. The zero-order valence-corrected chi connectivity index (χ0v) is 13.9. The van der Waals surface area contributed by atoms with Gasteiger partial charge in [-0.25, -0.2) is 4.79 Å². The van der Waals surface area contributed by atoms with Gasteiger partial charge in [0.1, 0.15) is 6.61 Å². The Bertz CT molecular complexity index is 333. The predicted octanol–water partition coefficient (Wildman–Crippen LogP) is 3.56. The van der Waals surface area contributed by atoms with Crippen LogP contribution in [0.1, 0.15) is 0 Å². The fraction of sp³-hybridized carbons (Fsp3) is 0.727. The van der Waals surface area contributed by atoms with Crippen molar-refractivity contribution >= 4 is 48.8 Å². The highest BCUT2D eigenvalue weighted by atomic mass is 35.6. The summed E-state index contributed by atoms with van der Waals surface area (Å²) in [7, 11) is -1.57. The van der Waals surface area contributed by atoms with Crippen LogP contribution < -0.4 is 0 Å². The van der Waals surface area contributed by atoms with E-state index >= 15 is 0 Å². The number of carbonyl (C=O) groups excluding carboxylic acids is 1. The summed E-state index contributed by atoms with van der Waals surface area (Å²) in [6, 6.07) is 0. The van der Waals surface area contributed by atoms with Gasteiger partial charge >= 0.3 is 5.97 Å². The Morgan fingerprint density at radius 1 is 1.44 bits per heavy atom. The highest BCUT2D eigenvalue weighted by Crippen LogP contribution is 2.33. The van der Waals surface area contributed by atoms with Gasteiger partial charge in [-0.05, 0) is 0 Å². The van der Waals surface area contributed by atoms with Crippen LogP contribution in [0.15, 0.2) is 12.2 Å². The van der Waals surface area contributed by atoms with Gasteiger partial charge in [0.25, 0.3) is 0 Å². The van der Waals surface area contributed by atoms with E-state index in [0.29, 0.717) is 6.61 Å². The van der Waals surface area contributed by atoms with Crippen LogP contribution >= 0.6 is 34.8 Å². The molecule has 0 bridgehead atoms. The summed E-state index contributed by atoms with van der Waals surface area (Å²) >= 11 is 16.6. The van der Waals surface area contributed by atoms with Gasteiger partial charge in [-0.15, -0.1) is 0 Å². The van der Waals surface area contributed by atoms with Gasteiger partial charge < -0.3 is 9.47 Å². The van der Waals surface area contributed by atoms with E-state index in [2.05, 4.69) is 19.6 Å². The summed E-state index contributed by atoms with van der Waals surface area (Å²) in [5.74, 6) is -0.460. The molecule has 0 aromatic carbocycles. The van der Waals surface area contributed by atoms with E-state index in [9.17, 15) is 4.79 Å². The van der Waals surface area contributed by atoms with Crippen molar-refractivity contribution in [2.24, 2.45) is 0 Å². The summed E-state index contributed by atoms with van der Waals surface area (Å²) in [5.41, 5.74) is 0.0779. The van der Waals surface area contributed by atoms with Crippen LogP contribution in [0.25, 0.3) is 0 Å². The SMILES string of the molecule is C[Si](C)(C)[C@H]1C=CCO[C@@H]1C(=O)OCC(Cl)(Cl)Cl. The minimum absolute atomic E-state index is 0.0779. The molecule has 1 aliphatic rings. The van der Waals surface area contributed by atoms with Crippen molar-refractivity contribution in [3.8, 4) is 0 Å². The van der Waals surface area contributed by atoms with Crippen LogP contribution in [0.4, 0.5) is 0 Å². The van der Waals surface area contributed by atoms with Crippen molar-refractivity contribution in [2.45, 2.75) is 35.1 Å². The van der Waals surface area contributed by atoms with E-state index in [1.807, 2.05) is 12.2 Å². The number of hydrogen-bond donors (Lipinski definition) is 0. The van der Waals surface area contributed by atoms with E-state index in [4.69, 9.17) is 44.3 Å². The van der Waals surface area contributed by atoms with Crippen molar-refractivity contribution in [1.82, 2.24) is 0 Å². The maximum atomic E-state index is 12.0. The molecule has 0 aromatic heterocycles. The van der Waals surface area contributed by atoms with Crippen molar-refractivity contribution in [2.75, 3.05) is 13.2 Å². The first-order chi connectivity index (χ1) is 8.11. The second kappa shape index (κ2) is 6.14. The van der Waals surface area contributed by atoms with Crippen molar-refractivity contribution in [3.05, 3.63) is 12.2 Å². The Morgan fingerprint density at radius 2 is 2.06 bits per heavy atom. The first kappa shape index (κ1) is 16.3. The lowest BCUT2D eigenvalue weighted by Gasteiger charge is -2.34. The third-order valence-corrected chi connectivity index (χ3v) is 5.47. The smallest absolute Gasteiger partial charge is 0.335 e. The lowest BCUT2D eigenvalue weighted by atomic mass is 10.2. The number of alkyl halides is 3. The molecular weight excluding hydrogens is 315 g/mol. The third-order valence-electron chi connectivity index (χ3n) is 2.65. The van der Waals surface area contributed by atoms with E-state index in [1.54, 1.807) is 0 Å². The Kier molecular flexibility index (Phi) is 5.56. The van der Waals surface area contributed by atoms with Crippen LogP contribution in [-0.4, -0.2) is 37.2 Å². The first-order valence-corrected chi connectivity index (χ1v) is 10.3. The molecule has 1 rings (SSSR count). The van der Waals surface area contributed by atoms with Gasteiger partial charge in [-0.2, -0.15) is 0 Å². The zero-order valence-electron chi connectivity index (χ0n) is 10.6. The molecule has 0 N–H and O–H groups in total. The second-order valence-electron chi connectivity index (χ2n) is 5.30. The van der Waals surface area contributed by atoms with Crippen LogP contribution in [0.5, 0.6) is 0 Å². The molecular formula is C11H17Cl3O3Si.